The zero-order valence-corrected chi connectivity index (χ0v) is 11.7. The summed E-state index contributed by atoms with van der Waals surface area (Å²) in [5.74, 6) is 0.822. The van der Waals surface area contributed by atoms with Crippen LogP contribution < -0.4 is 4.74 Å². The number of hydrogen-bond acceptors (Lipinski definition) is 2. The summed E-state index contributed by atoms with van der Waals surface area (Å²) in [5.41, 5.74) is 2.49. The third-order valence-corrected chi connectivity index (χ3v) is 3.14. The molecule has 0 unspecified atom stereocenters. The summed E-state index contributed by atoms with van der Waals surface area (Å²) in [6.45, 7) is 4.10. The van der Waals surface area contributed by atoms with Crippen molar-refractivity contribution in [3.63, 3.8) is 0 Å². The molecule has 0 aliphatic heterocycles. The molecule has 0 heterocycles. The Morgan fingerprint density at radius 2 is 2.00 bits per heavy atom. The zero-order valence-electron chi connectivity index (χ0n) is 10.9. The number of ether oxygens (including phenoxy) is 1. The van der Waals surface area contributed by atoms with Crippen LogP contribution in [0.3, 0.4) is 0 Å². The highest BCUT2D eigenvalue weighted by molar-refractivity contribution is 6.33. The predicted molar refractivity (Wildman–Crippen MR) is 78.1 cm³/mol. The summed E-state index contributed by atoms with van der Waals surface area (Å²) in [7, 11) is 0. The molecule has 0 aliphatic rings. The minimum Gasteiger partial charge on any atom is -0.494 e. The molecule has 0 fully saturated rings. The molecule has 0 saturated carbocycles. The molecule has 0 radical (unpaired) electrons. The molecule has 0 aliphatic carbocycles. The Kier molecular flexibility index (Phi) is 4.23. The number of rotatable bonds is 4. The Hall–Kier alpha value is -1.80. The fourth-order valence-corrected chi connectivity index (χ4v) is 2.18. The summed E-state index contributed by atoms with van der Waals surface area (Å²) in [4.78, 5) is 11.3. The van der Waals surface area contributed by atoms with Crippen LogP contribution in [-0.2, 0) is 0 Å². The van der Waals surface area contributed by atoms with Gasteiger partial charge in [-0.3, -0.25) is 4.79 Å². The van der Waals surface area contributed by atoms with Gasteiger partial charge >= 0.3 is 0 Å². The molecule has 0 saturated heterocycles. The zero-order chi connectivity index (χ0) is 13.8. The van der Waals surface area contributed by atoms with Gasteiger partial charge in [0.1, 0.15) is 5.75 Å². The third kappa shape index (κ3) is 3.15. The van der Waals surface area contributed by atoms with E-state index < -0.39 is 0 Å². The van der Waals surface area contributed by atoms with Crippen LogP contribution in [0.5, 0.6) is 5.75 Å². The topological polar surface area (TPSA) is 26.3 Å². The first-order valence-corrected chi connectivity index (χ1v) is 6.53. The maximum atomic E-state index is 11.3. The van der Waals surface area contributed by atoms with Gasteiger partial charge in [-0.15, -0.1) is 0 Å². The first-order chi connectivity index (χ1) is 9.11. The highest BCUT2D eigenvalue weighted by Gasteiger charge is 2.07. The Bertz CT molecular complexity index is 605. The van der Waals surface area contributed by atoms with E-state index in [1.54, 1.807) is 12.1 Å². The van der Waals surface area contributed by atoms with Crippen molar-refractivity contribution in [2.45, 2.75) is 13.8 Å². The summed E-state index contributed by atoms with van der Waals surface area (Å²) in [6, 6.07) is 13.1. The van der Waals surface area contributed by atoms with Crippen molar-refractivity contribution in [2.24, 2.45) is 0 Å². The van der Waals surface area contributed by atoms with Gasteiger partial charge in [0.25, 0.3) is 0 Å². The maximum Gasteiger partial charge on any atom is 0.159 e. The van der Waals surface area contributed by atoms with E-state index >= 15 is 0 Å². The Morgan fingerprint density at radius 1 is 1.21 bits per heavy atom. The molecule has 0 spiro atoms. The number of hydrogen-bond donors (Lipinski definition) is 0. The smallest absolute Gasteiger partial charge is 0.159 e. The Balaban J connectivity index is 2.41. The third-order valence-electron chi connectivity index (χ3n) is 2.83. The number of halogens is 1. The number of carbonyl (C=O) groups is 1. The number of Topliss-reactive ketones (excluding diaryl/α,β-unsaturated/α-hetero) is 1. The fraction of sp³-hybridized carbons (Fsp3) is 0.188. The van der Waals surface area contributed by atoms with Crippen molar-refractivity contribution < 1.29 is 9.53 Å². The van der Waals surface area contributed by atoms with Gasteiger partial charge in [-0.25, -0.2) is 0 Å². The van der Waals surface area contributed by atoms with Gasteiger partial charge in [0, 0.05) is 16.1 Å². The lowest BCUT2D eigenvalue weighted by Crippen LogP contribution is -1.93. The van der Waals surface area contributed by atoms with Crippen LogP contribution in [-0.4, -0.2) is 12.4 Å². The maximum absolute atomic E-state index is 11.3. The van der Waals surface area contributed by atoms with E-state index in [1.165, 1.54) is 6.92 Å². The van der Waals surface area contributed by atoms with Gasteiger partial charge in [0.2, 0.25) is 0 Å². The second kappa shape index (κ2) is 5.89. The molecular formula is C16H15ClO2. The molecule has 0 bridgehead atoms. The van der Waals surface area contributed by atoms with Gasteiger partial charge in [-0.2, -0.15) is 0 Å². The molecule has 2 aromatic carbocycles. The molecular weight excluding hydrogens is 260 g/mol. The molecule has 2 aromatic rings. The van der Waals surface area contributed by atoms with Crippen LogP contribution in [0.4, 0.5) is 0 Å². The molecule has 0 N–H and O–H groups in total. The predicted octanol–water partition coefficient (Wildman–Crippen LogP) is 4.61. The largest absolute Gasteiger partial charge is 0.494 e. The second-order valence-electron chi connectivity index (χ2n) is 4.21. The quantitative estimate of drug-likeness (QED) is 0.761. The summed E-state index contributed by atoms with van der Waals surface area (Å²) in [5, 5.41) is 0.571. The van der Waals surface area contributed by atoms with Crippen molar-refractivity contribution in [2.75, 3.05) is 6.61 Å². The van der Waals surface area contributed by atoms with Gasteiger partial charge in [0.05, 0.1) is 6.61 Å². The van der Waals surface area contributed by atoms with Crippen molar-refractivity contribution >= 4 is 17.4 Å². The summed E-state index contributed by atoms with van der Waals surface area (Å²) >= 11 is 6.24. The van der Waals surface area contributed by atoms with E-state index in [2.05, 4.69) is 0 Å². The minimum atomic E-state index is 0.0107. The first-order valence-electron chi connectivity index (χ1n) is 6.15. The van der Waals surface area contributed by atoms with Crippen LogP contribution in [0.15, 0.2) is 42.5 Å². The highest BCUT2D eigenvalue weighted by atomic mass is 35.5. The van der Waals surface area contributed by atoms with Crippen molar-refractivity contribution in [3.05, 3.63) is 53.1 Å². The molecule has 2 nitrogen and oxygen atoms in total. The first kappa shape index (κ1) is 13.6. The second-order valence-corrected chi connectivity index (χ2v) is 4.62. The van der Waals surface area contributed by atoms with Gasteiger partial charge in [-0.05, 0) is 37.6 Å². The summed E-state index contributed by atoms with van der Waals surface area (Å²) in [6.07, 6.45) is 0. The van der Waals surface area contributed by atoms with E-state index in [0.717, 1.165) is 16.9 Å². The van der Waals surface area contributed by atoms with E-state index in [0.29, 0.717) is 17.2 Å². The number of carbonyl (C=O) groups excluding carboxylic acids is 1. The van der Waals surface area contributed by atoms with Crippen LogP contribution in [0.25, 0.3) is 11.1 Å². The molecule has 19 heavy (non-hydrogen) atoms. The van der Waals surface area contributed by atoms with Crippen LogP contribution in [0, 0.1) is 0 Å². The normalized spacial score (nSPS) is 10.3. The fourth-order valence-electron chi connectivity index (χ4n) is 1.89. The average molecular weight is 275 g/mol. The Labute approximate surface area is 118 Å². The van der Waals surface area contributed by atoms with Crippen molar-refractivity contribution in [1.82, 2.24) is 0 Å². The minimum absolute atomic E-state index is 0.0107. The van der Waals surface area contributed by atoms with Crippen molar-refractivity contribution in [1.29, 1.82) is 0 Å². The molecule has 0 amide bonds. The van der Waals surface area contributed by atoms with E-state index in [1.807, 2.05) is 37.3 Å². The lowest BCUT2D eigenvalue weighted by atomic mass is 10.0. The molecule has 98 valence electrons. The van der Waals surface area contributed by atoms with E-state index in [4.69, 9.17) is 16.3 Å². The van der Waals surface area contributed by atoms with Gasteiger partial charge < -0.3 is 4.74 Å². The molecule has 0 aromatic heterocycles. The van der Waals surface area contributed by atoms with Crippen LogP contribution in [0.2, 0.25) is 5.02 Å². The lowest BCUT2D eigenvalue weighted by Gasteiger charge is -2.08. The molecule has 0 atom stereocenters. The average Bonchev–Trinajstić information content (AvgIpc) is 2.39. The van der Waals surface area contributed by atoms with Crippen LogP contribution >= 0.6 is 11.6 Å². The van der Waals surface area contributed by atoms with Crippen LogP contribution in [0.1, 0.15) is 24.2 Å². The monoisotopic (exact) mass is 274 g/mol. The van der Waals surface area contributed by atoms with Gasteiger partial charge in [0.15, 0.2) is 5.78 Å². The standard InChI is InChI=1S/C16H15ClO2/c1-3-19-14-6-4-5-13(9-14)15-8-7-12(11(2)18)10-16(15)17/h4-10H,3H2,1-2H3. The molecule has 2 rings (SSSR count). The SMILES string of the molecule is CCOc1cccc(-c2ccc(C(C)=O)cc2Cl)c1. The lowest BCUT2D eigenvalue weighted by molar-refractivity contribution is 0.101. The van der Waals surface area contributed by atoms with E-state index in [-0.39, 0.29) is 5.78 Å². The van der Waals surface area contributed by atoms with Crippen molar-refractivity contribution in [3.8, 4) is 16.9 Å². The van der Waals surface area contributed by atoms with E-state index in [9.17, 15) is 4.79 Å². The number of benzene rings is 2. The number of ketones is 1. The molecule has 3 heteroatoms. The Morgan fingerprint density at radius 3 is 2.63 bits per heavy atom. The summed E-state index contributed by atoms with van der Waals surface area (Å²) < 4.78 is 5.47. The highest BCUT2D eigenvalue weighted by Crippen LogP contribution is 2.31. The van der Waals surface area contributed by atoms with Gasteiger partial charge in [-0.1, -0.05) is 35.9 Å².